The van der Waals surface area contributed by atoms with Gasteiger partial charge in [0, 0.05) is 11.1 Å². The van der Waals surface area contributed by atoms with Crippen LogP contribution < -0.4 is 5.56 Å². The van der Waals surface area contributed by atoms with Gasteiger partial charge in [-0.25, -0.2) is 0 Å². The lowest BCUT2D eigenvalue weighted by atomic mass is 10.1. The first-order chi connectivity index (χ1) is 14.1. The molecule has 4 nitrogen and oxygen atoms in total. The molecule has 0 spiro atoms. The normalized spacial score (nSPS) is 11.7. The van der Waals surface area contributed by atoms with Crippen LogP contribution in [0.15, 0.2) is 94.7 Å². The van der Waals surface area contributed by atoms with E-state index in [9.17, 15) is 9.90 Å². The predicted molar refractivity (Wildman–Crippen MR) is 118 cm³/mol. The molecule has 1 aromatic heterocycles. The van der Waals surface area contributed by atoms with E-state index >= 15 is 0 Å². The zero-order chi connectivity index (χ0) is 20.2. The molecule has 144 valence electrons. The van der Waals surface area contributed by atoms with E-state index in [0.29, 0.717) is 29.7 Å². The molecule has 29 heavy (non-hydrogen) atoms. The van der Waals surface area contributed by atoms with Crippen LogP contribution in [0.4, 0.5) is 0 Å². The Morgan fingerprint density at radius 1 is 0.862 bits per heavy atom. The average Bonchev–Trinajstić information content (AvgIpc) is 2.77. The number of aromatic hydroxyl groups is 1. The molecule has 0 saturated carbocycles. The molecule has 0 saturated heterocycles. The first-order valence-electron chi connectivity index (χ1n) is 9.59. The van der Waals surface area contributed by atoms with Gasteiger partial charge < -0.3 is 9.67 Å². The number of hydrogen-bond acceptors (Lipinski definition) is 3. The second kappa shape index (κ2) is 8.15. The summed E-state index contributed by atoms with van der Waals surface area (Å²) in [6.07, 6.45) is 0. The first kappa shape index (κ1) is 18.7. The highest BCUT2D eigenvalue weighted by Gasteiger charge is 2.18. The second-order valence-corrected chi connectivity index (χ2v) is 7.00. The molecule has 0 fully saturated rings. The first-order valence-corrected chi connectivity index (χ1v) is 9.59. The summed E-state index contributed by atoms with van der Waals surface area (Å²) in [5.41, 5.74) is 3.34. The smallest absolute Gasteiger partial charge is 0.264 e. The van der Waals surface area contributed by atoms with E-state index in [0.717, 1.165) is 11.1 Å². The maximum Gasteiger partial charge on any atom is 0.264 e. The molecule has 0 radical (unpaired) electrons. The van der Waals surface area contributed by atoms with Crippen LogP contribution in [0.25, 0.3) is 10.9 Å². The fourth-order valence-corrected chi connectivity index (χ4v) is 3.51. The highest BCUT2D eigenvalue weighted by atomic mass is 16.3. The van der Waals surface area contributed by atoms with Gasteiger partial charge in [0.25, 0.3) is 5.56 Å². The predicted octanol–water partition coefficient (Wildman–Crippen LogP) is 4.76. The summed E-state index contributed by atoms with van der Waals surface area (Å²) in [6, 6.07) is 27.1. The van der Waals surface area contributed by atoms with Gasteiger partial charge >= 0.3 is 0 Å². The number of hydrogen-bond donors (Lipinski definition) is 1. The number of benzene rings is 3. The van der Waals surface area contributed by atoms with Crippen molar-refractivity contribution < 1.29 is 5.11 Å². The Morgan fingerprint density at radius 3 is 2.14 bits per heavy atom. The fourth-order valence-electron chi connectivity index (χ4n) is 3.51. The molecule has 4 aromatic rings. The van der Waals surface area contributed by atoms with Crippen molar-refractivity contribution in [2.24, 2.45) is 4.99 Å². The largest absolute Gasteiger partial charge is 0.506 e. The Kier molecular flexibility index (Phi) is 5.25. The summed E-state index contributed by atoms with van der Waals surface area (Å²) >= 11 is 0. The maximum absolute atomic E-state index is 13.4. The summed E-state index contributed by atoms with van der Waals surface area (Å²) in [5.74, 6) is -0.00998. The number of aromatic nitrogens is 1. The van der Waals surface area contributed by atoms with Crippen LogP contribution in [0.1, 0.15) is 23.6 Å². The lowest BCUT2D eigenvalue weighted by Gasteiger charge is -2.15. The Bertz CT molecular complexity index is 1230. The summed E-state index contributed by atoms with van der Waals surface area (Å²) in [7, 11) is 0. The van der Waals surface area contributed by atoms with Crippen molar-refractivity contribution >= 4 is 16.6 Å². The maximum atomic E-state index is 13.4. The van der Waals surface area contributed by atoms with E-state index in [-0.39, 0.29) is 16.9 Å². The second-order valence-electron chi connectivity index (χ2n) is 7.00. The number of aliphatic imine (C=N–C) groups is 1. The molecule has 0 aliphatic heterocycles. The number of nitrogens with zero attached hydrogens (tertiary/aromatic N) is 2. The van der Waals surface area contributed by atoms with Gasteiger partial charge in [0.1, 0.15) is 11.3 Å². The minimum Gasteiger partial charge on any atom is -0.506 e. The van der Waals surface area contributed by atoms with Gasteiger partial charge in [-0.05, 0) is 30.2 Å². The Morgan fingerprint density at radius 2 is 1.45 bits per heavy atom. The van der Waals surface area contributed by atoms with Crippen LogP contribution in [-0.4, -0.2) is 15.4 Å². The van der Waals surface area contributed by atoms with Crippen LogP contribution in [0.2, 0.25) is 0 Å². The molecule has 4 rings (SSSR count). The number of pyridine rings is 1. The third-order valence-corrected chi connectivity index (χ3v) is 5.03. The lowest BCUT2D eigenvalue weighted by Crippen LogP contribution is -2.27. The molecule has 1 heterocycles. The van der Waals surface area contributed by atoms with E-state index in [1.165, 1.54) is 0 Å². The zero-order valence-electron chi connectivity index (χ0n) is 16.2. The number of para-hydroxylation sites is 1. The number of fused-ring (bicyclic) bond motifs is 1. The van der Waals surface area contributed by atoms with Gasteiger partial charge in [-0.3, -0.25) is 9.79 Å². The minimum atomic E-state index is -0.237. The lowest BCUT2D eigenvalue weighted by molar-refractivity contribution is 0.477. The summed E-state index contributed by atoms with van der Waals surface area (Å²) in [5, 5.41) is 11.5. The minimum absolute atomic E-state index is 0.00998. The van der Waals surface area contributed by atoms with Gasteiger partial charge in [-0.1, -0.05) is 72.8 Å². The highest BCUT2D eigenvalue weighted by Crippen LogP contribution is 2.27. The van der Waals surface area contributed by atoms with Gasteiger partial charge in [0.2, 0.25) is 0 Å². The van der Waals surface area contributed by atoms with E-state index in [2.05, 4.69) is 4.99 Å². The molecule has 0 atom stereocenters. The fraction of sp³-hybridized carbons (Fsp3) is 0.120. The molecule has 0 aliphatic carbocycles. The van der Waals surface area contributed by atoms with Crippen LogP contribution in [0, 0.1) is 0 Å². The van der Waals surface area contributed by atoms with Crippen LogP contribution >= 0.6 is 0 Å². The third-order valence-electron chi connectivity index (χ3n) is 5.03. The van der Waals surface area contributed by atoms with Gasteiger partial charge in [0.15, 0.2) is 0 Å². The average molecular weight is 382 g/mol. The highest BCUT2D eigenvalue weighted by molar-refractivity contribution is 6.05. The SMILES string of the molecule is CC(=NCc1ccccc1)c1c(O)c2ccccc2n(Cc2ccccc2)c1=O. The van der Waals surface area contributed by atoms with Crippen molar-refractivity contribution in [3.63, 3.8) is 0 Å². The van der Waals surface area contributed by atoms with Crippen LogP contribution in [0.5, 0.6) is 5.75 Å². The summed E-state index contributed by atoms with van der Waals surface area (Å²) < 4.78 is 1.71. The molecule has 1 N–H and O–H groups in total. The van der Waals surface area contributed by atoms with Crippen molar-refractivity contribution in [2.75, 3.05) is 0 Å². The van der Waals surface area contributed by atoms with Gasteiger partial charge in [-0.15, -0.1) is 0 Å². The van der Waals surface area contributed by atoms with Gasteiger partial charge in [-0.2, -0.15) is 0 Å². The van der Waals surface area contributed by atoms with Crippen LogP contribution in [0.3, 0.4) is 0 Å². The van der Waals surface area contributed by atoms with Crippen molar-refractivity contribution in [1.82, 2.24) is 4.57 Å². The summed E-state index contributed by atoms with van der Waals surface area (Å²) in [6.45, 7) is 2.66. The summed E-state index contributed by atoms with van der Waals surface area (Å²) in [4.78, 5) is 18.0. The standard InChI is InChI=1S/C25H22N2O2/c1-18(26-16-19-10-4-2-5-11-19)23-24(28)21-14-8-9-15-22(21)27(25(23)29)17-20-12-6-3-7-13-20/h2-15,28H,16-17H2,1H3. The molecule has 3 aromatic carbocycles. The molecule has 0 bridgehead atoms. The van der Waals surface area contributed by atoms with Crippen LogP contribution in [-0.2, 0) is 13.1 Å². The Labute approximate surface area is 169 Å². The van der Waals surface area contributed by atoms with Crippen molar-refractivity contribution in [3.8, 4) is 5.75 Å². The third kappa shape index (κ3) is 3.83. The van der Waals surface area contributed by atoms with Crippen molar-refractivity contribution in [2.45, 2.75) is 20.0 Å². The van der Waals surface area contributed by atoms with E-state index < -0.39 is 0 Å². The molecular formula is C25H22N2O2. The molecule has 0 amide bonds. The van der Waals surface area contributed by atoms with Crippen molar-refractivity contribution in [3.05, 3.63) is 112 Å². The quantitative estimate of drug-likeness (QED) is 0.506. The molecule has 4 heteroatoms. The van der Waals surface area contributed by atoms with E-state index in [4.69, 9.17) is 0 Å². The molecule has 0 aliphatic rings. The Balaban J connectivity index is 1.84. The van der Waals surface area contributed by atoms with E-state index in [1.54, 1.807) is 11.5 Å². The topological polar surface area (TPSA) is 54.6 Å². The monoisotopic (exact) mass is 382 g/mol. The molecule has 0 unspecified atom stereocenters. The zero-order valence-corrected chi connectivity index (χ0v) is 16.2. The van der Waals surface area contributed by atoms with E-state index in [1.807, 2.05) is 84.9 Å². The molecular weight excluding hydrogens is 360 g/mol. The van der Waals surface area contributed by atoms with Gasteiger partial charge in [0.05, 0.1) is 18.6 Å². The number of rotatable bonds is 5. The Hall–Kier alpha value is -3.66. The van der Waals surface area contributed by atoms with Crippen molar-refractivity contribution in [1.29, 1.82) is 0 Å².